The summed E-state index contributed by atoms with van der Waals surface area (Å²) < 4.78 is 0. The number of hydrogen-bond acceptors (Lipinski definition) is 3. The fourth-order valence-electron chi connectivity index (χ4n) is 4.40. The molecule has 0 bridgehead atoms. The van der Waals surface area contributed by atoms with Gasteiger partial charge < -0.3 is 15.2 Å². The van der Waals surface area contributed by atoms with E-state index in [0.717, 1.165) is 42.3 Å². The Hall–Kier alpha value is -2.37. The number of rotatable bonds is 3. The lowest BCUT2D eigenvalue weighted by molar-refractivity contribution is -0.130. The van der Waals surface area contributed by atoms with Gasteiger partial charge in [0.25, 0.3) is 5.91 Å². The zero-order valence-electron chi connectivity index (χ0n) is 15.6. The molecule has 4 rings (SSSR count). The summed E-state index contributed by atoms with van der Waals surface area (Å²) in [6.07, 6.45) is 7.85. The van der Waals surface area contributed by atoms with Crippen molar-refractivity contribution in [2.24, 2.45) is 5.41 Å². The first-order valence-corrected chi connectivity index (χ1v) is 9.42. The molecular weight excluding hydrogens is 328 g/mol. The van der Waals surface area contributed by atoms with Crippen LogP contribution in [0.3, 0.4) is 0 Å². The predicted octanol–water partition coefficient (Wildman–Crippen LogP) is 2.99. The Balaban J connectivity index is 1.68. The summed E-state index contributed by atoms with van der Waals surface area (Å²) in [5.41, 5.74) is 2.01. The molecule has 0 aromatic carbocycles. The van der Waals surface area contributed by atoms with Crippen LogP contribution in [0.4, 0.5) is 0 Å². The van der Waals surface area contributed by atoms with E-state index in [4.69, 9.17) is 0 Å². The van der Waals surface area contributed by atoms with Gasteiger partial charge in [0.1, 0.15) is 11.7 Å². The van der Waals surface area contributed by atoms with Gasteiger partial charge in [0.05, 0.1) is 5.56 Å². The largest absolute Gasteiger partial charge is 0.352 e. The highest BCUT2D eigenvalue weighted by Crippen LogP contribution is 2.34. The maximum atomic E-state index is 13.2. The second-order valence-electron chi connectivity index (χ2n) is 8.59. The number of H-pyrrole nitrogens is 1. The third-order valence-corrected chi connectivity index (χ3v) is 5.57. The van der Waals surface area contributed by atoms with Gasteiger partial charge in [0, 0.05) is 30.4 Å². The SMILES string of the molecule is CC(C)(C)C(C(=O)NC1CCCC1)N1Cc2ccnc3[nH]cc(c23)C1=O. The van der Waals surface area contributed by atoms with Gasteiger partial charge in [-0.25, -0.2) is 4.98 Å². The monoisotopic (exact) mass is 354 g/mol. The molecule has 1 aliphatic carbocycles. The Labute approximate surface area is 153 Å². The van der Waals surface area contributed by atoms with Crippen molar-refractivity contribution >= 4 is 22.8 Å². The van der Waals surface area contributed by atoms with Crippen LogP contribution in [0, 0.1) is 5.41 Å². The first kappa shape index (κ1) is 17.1. The Bertz CT molecular complexity index is 858. The molecule has 2 N–H and O–H groups in total. The lowest BCUT2D eigenvalue weighted by Crippen LogP contribution is -2.57. The molecule has 0 saturated heterocycles. The van der Waals surface area contributed by atoms with Gasteiger partial charge in [-0.3, -0.25) is 9.59 Å². The van der Waals surface area contributed by atoms with Crippen molar-refractivity contribution in [3.8, 4) is 0 Å². The third-order valence-electron chi connectivity index (χ3n) is 5.57. The highest BCUT2D eigenvalue weighted by molar-refractivity contribution is 6.10. The van der Waals surface area contributed by atoms with E-state index < -0.39 is 6.04 Å². The molecule has 2 aliphatic rings. The number of carbonyl (C=O) groups is 2. The van der Waals surface area contributed by atoms with Crippen LogP contribution in [-0.2, 0) is 11.3 Å². The minimum Gasteiger partial charge on any atom is -0.352 e. The van der Waals surface area contributed by atoms with Gasteiger partial charge in [-0.1, -0.05) is 33.6 Å². The number of nitrogens with one attached hydrogen (secondary N) is 2. The average Bonchev–Trinajstić information content (AvgIpc) is 3.21. The van der Waals surface area contributed by atoms with E-state index in [1.54, 1.807) is 17.3 Å². The van der Waals surface area contributed by atoms with Crippen LogP contribution in [0.5, 0.6) is 0 Å². The van der Waals surface area contributed by atoms with Gasteiger partial charge >= 0.3 is 0 Å². The minimum absolute atomic E-state index is 0.0398. The summed E-state index contributed by atoms with van der Waals surface area (Å²) in [4.78, 5) is 35.5. The molecule has 6 heteroatoms. The number of amides is 2. The highest BCUT2D eigenvalue weighted by atomic mass is 16.2. The summed E-state index contributed by atoms with van der Waals surface area (Å²) in [5, 5.41) is 4.08. The summed E-state index contributed by atoms with van der Waals surface area (Å²) in [5.74, 6) is -0.139. The van der Waals surface area contributed by atoms with Gasteiger partial charge in [-0.15, -0.1) is 0 Å². The predicted molar refractivity (Wildman–Crippen MR) is 99.6 cm³/mol. The Morgan fingerprint density at radius 3 is 2.77 bits per heavy atom. The Kier molecular flexibility index (Phi) is 4.01. The van der Waals surface area contributed by atoms with Crippen LogP contribution in [0.15, 0.2) is 18.5 Å². The van der Waals surface area contributed by atoms with Crippen molar-refractivity contribution in [1.29, 1.82) is 0 Å². The first-order valence-electron chi connectivity index (χ1n) is 9.42. The Morgan fingerprint density at radius 1 is 1.35 bits per heavy atom. The van der Waals surface area contributed by atoms with E-state index in [0.29, 0.717) is 12.1 Å². The quantitative estimate of drug-likeness (QED) is 0.889. The minimum atomic E-state index is -0.512. The van der Waals surface area contributed by atoms with Crippen molar-refractivity contribution in [3.05, 3.63) is 29.6 Å². The smallest absolute Gasteiger partial charge is 0.257 e. The Morgan fingerprint density at radius 2 is 2.08 bits per heavy atom. The molecule has 6 nitrogen and oxygen atoms in total. The summed E-state index contributed by atoms with van der Waals surface area (Å²) >= 11 is 0. The normalized spacial score (nSPS) is 19.2. The summed E-state index contributed by atoms with van der Waals surface area (Å²) in [6, 6.07) is 1.66. The van der Waals surface area contributed by atoms with E-state index in [1.165, 1.54) is 0 Å². The molecule has 0 radical (unpaired) electrons. The first-order chi connectivity index (χ1) is 12.4. The molecular formula is C20H26N4O2. The lowest BCUT2D eigenvalue weighted by Gasteiger charge is -2.41. The number of nitrogens with zero attached hydrogens (tertiary/aromatic N) is 2. The van der Waals surface area contributed by atoms with Gasteiger partial charge in [-0.05, 0) is 29.9 Å². The molecule has 3 heterocycles. The molecule has 1 fully saturated rings. The van der Waals surface area contributed by atoms with Crippen molar-refractivity contribution in [3.63, 3.8) is 0 Å². The molecule has 2 aromatic heterocycles. The standard InChI is InChI=1S/C20H26N4O2/c1-20(2,3)16(18(25)23-13-6-4-5-7-13)24-11-12-8-9-21-17-15(12)14(10-22-17)19(24)26/h8-10,13,16H,4-7,11H2,1-3H3,(H,21,22)(H,23,25). The van der Waals surface area contributed by atoms with Crippen LogP contribution >= 0.6 is 0 Å². The molecule has 2 amide bonds. The molecule has 138 valence electrons. The fraction of sp³-hybridized carbons (Fsp3) is 0.550. The van der Waals surface area contributed by atoms with E-state index in [1.807, 2.05) is 26.8 Å². The van der Waals surface area contributed by atoms with Crippen molar-refractivity contribution in [2.45, 2.75) is 65.1 Å². The van der Waals surface area contributed by atoms with Gasteiger partial charge in [0.15, 0.2) is 0 Å². The molecule has 1 atom stereocenters. The second kappa shape index (κ2) is 6.11. The van der Waals surface area contributed by atoms with Crippen LogP contribution in [0.1, 0.15) is 62.4 Å². The number of aromatic amines is 1. The average molecular weight is 354 g/mol. The van der Waals surface area contributed by atoms with Crippen LogP contribution < -0.4 is 5.32 Å². The molecule has 26 heavy (non-hydrogen) atoms. The van der Waals surface area contributed by atoms with Crippen LogP contribution in [0.2, 0.25) is 0 Å². The van der Waals surface area contributed by atoms with Crippen molar-refractivity contribution < 1.29 is 9.59 Å². The van der Waals surface area contributed by atoms with Gasteiger partial charge in [0.2, 0.25) is 5.91 Å². The number of pyridine rings is 1. The second-order valence-corrected chi connectivity index (χ2v) is 8.59. The van der Waals surface area contributed by atoms with Gasteiger partial charge in [-0.2, -0.15) is 0 Å². The molecule has 2 aromatic rings. The molecule has 1 saturated carbocycles. The molecule has 0 spiro atoms. The topological polar surface area (TPSA) is 78.1 Å². The fourth-order valence-corrected chi connectivity index (χ4v) is 4.40. The van der Waals surface area contributed by atoms with Crippen molar-refractivity contribution in [2.75, 3.05) is 0 Å². The summed E-state index contributed by atoms with van der Waals surface area (Å²) in [6.45, 7) is 6.50. The number of hydrogen-bond donors (Lipinski definition) is 2. The third kappa shape index (κ3) is 2.77. The zero-order valence-corrected chi connectivity index (χ0v) is 15.6. The summed E-state index contributed by atoms with van der Waals surface area (Å²) in [7, 11) is 0. The molecule has 1 aliphatic heterocycles. The number of carbonyl (C=O) groups excluding carboxylic acids is 2. The molecule has 1 unspecified atom stereocenters. The van der Waals surface area contributed by atoms with E-state index in [2.05, 4.69) is 15.3 Å². The highest BCUT2D eigenvalue weighted by Gasteiger charge is 2.42. The van der Waals surface area contributed by atoms with E-state index in [-0.39, 0.29) is 23.3 Å². The zero-order chi connectivity index (χ0) is 18.5. The maximum Gasteiger partial charge on any atom is 0.257 e. The van der Waals surface area contributed by atoms with Crippen LogP contribution in [0.25, 0.3) is 11.0 Å². The lowest BCUT2D eigenvalue weighted by atomic mass is 9.83. The number of aromatic nitrogens is 2. The van der Waals surface area contributed by atoms with Crippen molar-refractivity contribution in [1.82, 2.24) is 20.2 Å². The van der Waals surface area contributed by atoms with E-state index in [9.17, 15) is 9.59 Å². The van der Waals surface area contributed by atoms with Crippen LogP contribution in [-0.4, -0.2) is 38.8 Å². The van der Waals surface area contributed by atoms with E-state index >= 15 is 0 Å². The maximum absolute atomic E-state index is 13.2.